The maximum Gasteiger partial charge on any atom is 0.0669 e. The summed E-state index contributed by atoms with van der Waals surface area (Å²) < 4.78 is 2.29. The maximum atomic E-state index is 4.85. The van der Waals surface area contributed by atoms with Gasteiger partial charge in [0.2, 0.25) is 0 Å². The second-order valence-electron chi connectivity index (χ2n) is 6.07. The van der Waals surface area contributed by atoms with E-state index in [2.05, 4.69) is 37.7 Å². The van der Waals surface area contributed by atoms with E-state index in [0.717, 1.165) is 31.8 Å². The van der Waals surface area contributed by atoms with Gasteiger partial charge in [0.1, 0.15) is 0 Å². The molecule has 3 nitrogen and oxygen atoms in total. The van der Waals surface area contributed by atoms with Gasteiger partial charge in [-0.1, -0.05) is 40.5 Å². The van der Waals surface area contributed by atoms with Crippen LogP contribution in [0.4, 0.5) is 0 Å². The third-order valence-electron chi connectivity index (χ3n) is 4.05. The molecule has 1 heterocycles. The van der Waals surface area contributed by atoms with Crippen LogP contribution in [-0.4, -0.2) is 15.8 Å². The average molecular weight is 263 g/mol. The van der Waals surface area contributed by atoms with Crippen molar-refractivity contribution in [3.63, 3.8) is 0 Å². The number of nitrogens with one attached hydrogen (secondary N) is 1. The van der Waals surface area contributed by atoms with E-state index in [9.17, 15) is 0 Å². The molecular weight excluding hydrogens is 234 g/mol. The van der Waals surface area contributed by atoms with Gasteiger partial charge in [-0.2, -0.15) is 5.10 Å². The lowest BCUT2D eigenvalue weighted by atomic mass is 10.1. The minimum atomic E-state index is 0.532. The largest absolute Gasteiger partial charge is 0.310 e. The van der Waals surface area contributed by atoms with Gasteiger partial charge in [-0.05, 0) is 25.2 Å². The number of hydrogen-bond donors (Lipinski definition) is 1. The average Bonchev–Trinajstić information content (AvgIpc) is 3.15. The quantitative estimate of drug-likeness (QED) is 0.780. The predicted molar refractivity (Wildman–Crippen MR) is 80.3 cm³/mol. The van der Waals surface area contributed by atoms with Crippen molar-refractivity contribution in [2.75, 3.05) is 0 Å². The molecule has 19 heavy (non-hydrogen) atoms. The molecular formula is C16H29N3. The Kier molecular flexibility index (Phi) is 5.03. The van der Waals surface area contributed by atoms with E-state index in [0.29, 0.717) is 6.04 Å². The van der Waals surface area contributed by atoms with E-state index in [1.807, 2.05) is 0 Å². The minimum absolute atomic E-state index is 0.532. The first kappa shape index (κ1) is 14.6. The Balaban J connectivity index is 2.12. The fraction of sp³-hybridized carbons (Fsp3) is 0.812. The summed E-state index contributed by atoms with van der Waals surface area (Å²) in [7, 11) is 0. The van der Waals surface area contributed by atoms with Crippen molar-refractivity contribution in [3.05, 3.63) is 17.0 Å². The van der Waals surface area contributed by atoms with Gasteiger partial charge in [-0.3, -0.25) is 4.68 Å². The molecule has 0 spiro atoms. The zero-order valence-corrected chi connectivity index (χ0v) is 13.0. The standard InChI is InChI=1S/C16H29N3/c1-5-15-14(11-17-12(3)4)16(6-2)19(18-15)10-9-13-7-8-13/h12-13,17H,5-11H2,1-4H3. The normalized spacial score (nSPS) is 15.4. The topological polar surface area (TPSA) is 29.9 Å². The molecule has 108 valence electrons. The van der Waals surface area contributed by atoms with Crippen molar-refractivity contribution in [1.29, 1.82) is 0 Å². The van der Waals surface area contributed by atoms with Crippen molar-refractivity contribution < 1.29 is 0 Å². The second-order valence-corrected chi connectivity index (χ2v) is 6.07. The number of aromatic nitrogens is 2. The van der Waals surface area contributed by atoms with Crippen molar-refractivity contribution >= 4 is 0 Å². The van der Waals surface area contributed by atoms with Crippen LogP contribution in [0.3, 0.4) is 0 Å². The molecule has 0 bridgehead atoms. The molecule has 0 aromatic carbocycles. The lowest BCUT2D eigenvalue weighted by Crippen LogP contribution is -2.23. The third kappa shape index (κ3) is 3.82. The van der Waals surface area contributed by atoms with Crippen LogP contribution in [0.2, 0.25) is 0 Å². The second kappa shape index (κ2) is 6.56. The van der Waals surface area contributed by atoms with Crippen LogP contribution in [-0.2, 0) is 25.9 Å². The molecule has 0 saturated heterocycles. The molecule has 0 atom stereocenters. The summed E-state index contributed by atoms with van der Waals surface area (Å²) >= 11 is 0. The Morgan fingerprint density at radius 1 is 1.26 bits per heavy atom. The Hall–Kier alpha value is -0.830. The Morgan fingerprint density at radius 3 is 2.53 bits per heavy atom. The summed E-state index contributed by atoms with van der Waals surface area (Å²) in [5, 5.41) is 8.40. The summed E-state index contributed by atoms with van der Waals surface area (Å²) in [6.45, 7) is 11.0. The van der Waals surface area contributed by atoms with Gasteiger partial charge >= 0.3 is 0 Å². The van der Waals surface area contributed by atoms with Gasteiger partial charge in [0.05, 0.1) is 5.69 Å². The van der Waals surface area contributed by atoms with E-state index in [1.165, 1.54) is 36.2 Å². The SMILES string of the molecule is CCc1nn(CCC2CC2)c(CC)c1CNC(C)C. The molecule has 1 aliphatic rings. The number of rotatable bonds is 8. The van der Waals surface area contributed by atoms with Crippen LogP contribution in [0.15, 0.2) is 0 Å². The molecule has 0 unspecified atom stereocenters. The molecule has 1 aromatic rings. The number of hydrogen-bond acceptors (Lipinski definition) is 2. The Labute approximate surface area is 117 Å². The summed E-state index contributed by atoms with van der Waals surface area (Å²) in [6, 6.07) is 0.532. The molecule has 1 fully saturated rings. The zero-order valence-electron chi connectivity index (χ0n) is 13.0. The van der Waals surface area contributed by atoms with E-state index < -0.39 is 0 Å². The Morgan fingerprint density at radius 2 is 2.00 bits per heavy atom. The lowest BCUT2D eigenvalue weighted by molar-refractivity contribution is 0.523. The molecule has 3 heteroatoms. The smallest absolute Gasteiger partial charge is 0.0669 e. The summed E-state index contributed by atoms with van der Waals surface area (Å²) in [5.74, 6) is 0.983. The van der Waals surface area contributed by atoms with Crippen LogP contribution >= 0.6 is 0 Å². The monoisotopic (exact) mass is 263 g/mol. The molecule has 1 saturated carbocycles. The van der Waals surface area contributed by atoms with Crippen LogP contribution in [0.5, 0.6) is 0 Å². The number of aryl methyl sites for hydroxylation is 2. The molecule has 0 radical (unpaired) electrons. The van der Waals surface area contributed by atoms with Gasteiger partial charge in [0.15, 0.2) is 0 Å². The van der Waals surface area contributed by atoms with Gasteiger partial charge < -0.3 is 5.32 Å². The highest BCUT2D eigenvalue weighted by molar-refractivity contribution is 5.27. The van der Waals surface area contributed by atoms with E-state index in [-0.39, 0.29) is 0 Å². The van der Waals surface area contributed by atoms with Crippen molar-refractivity contribution in [2.45, 2.75) is 78.9 Å². The first-order valence-electron chi connectivity index (χ1n) is 7.96. The lowest BCUT2D eigenvalue weighted by Gasteiger charge is -2.11. The van der Waals surface area contributed by atoms with E-state index in [4.69, 9.17) is 5.10 Å². The predicted octanol–water partition coefficient (Wildman–Crippen LogP) is 3.31. The van der Waals surface area contributed by atoms with Gasteiger partial charge in [0, 0.05) is 30.4 Å². The highest BCUT2D eigenvalue weighted by Gasteiger charge is 2.22. The maximum absolute atomic E-state index is 4.85. The fourth-order valence-electron chi connectivity index (χ4n) is 2.68. The van der Waals surface area contributed by atoms with Gasteiger partial charge in [0.25, 0.3) is 0 Å². The van der Waals surface area contributed by atoms with Gasteiger partial charge in [-0.25, -0.2) is 0 Å². The fourth-order valence-corrected chi connectivity index (χ4v) is 2.68. The molecule has 0 amide bonds. The third-order valence-corrected chi connectivity index (χ3v) is 4.05. The first-order chi connectivity index (χ1) is 9.15. The summed E-state index contributed by atoms with van der Waals surface area (Å²) in [4.78, 5) is 0. The van der Waals surface area contributed by atoms with Crippen molar-refractivity contribution in [1.82, 2.24) is 15.1 Å². The van der Waals surface area contributed by atoms with Crippen LogP contribution in [0.25, 0.3) is 0 Å². The highest BCUT2D eigenvalue weighted by Crippen LogP contribution is 2.33. The summed E-state index contributed by atoms with van der Waals surface area (Å²) in [6.07, 6.45) is 6.32. The van der Waals surface area contributed by atoms with Crippen molar-refractivity contribution in [2.24, 2.45) is 5.92 Å². The van der Waals surface area contributed by atoms with Crippen LogP contribution < -0.4 is 5.32 Å². The van der Waals surface area contributed by atoms with Crippen LogP contribution in [0.1, 0.15) is 63.9 Å². The molecule has 1 aliphatic carbocycles. The molecule has 2 rings (SSSR count). The summed E-state index contributed by atoms with van der Waals surface area (Å²) in [5.41, 5.74) is 4.20. The van der Waals surface area contributed by atoms with Crippen molar-refractivity contribution in [3.8, 4) is 0 Å². The number of nitrogens with zero attached hydrogens (tertiary/aromatic N) is 2. The van der Waals surface area contributed by atoms with Gasteiger partial charge in [-0.15, -0.1) is 0 Å². The zero-order chi connectivity index (χ0) is 13.8. The van der Waals surface area contributed by atoms with E-state index in [1.54, 1.807) is 0 Å². The highest BCUT2D eigenvalue weighted by atomic mass is 15.3. The van der Waals surface area contributed by atoms with E-state index >= 15 is 0 Å². The molecule has 1 aromatic heterocycles. The first-order valence-corrected chi connectivity index (χ1v) is 7.96. The van der Waals surface area contributed by atoms with Crippen LogP contribution in [0, 0.1) is 5.92 Å². The molecule has 1 N–H and O–H groups in total. The Bertz CT molecular complexity index is 402. The minimum Gasteiger partial charge on any atom is -0.310 e. The molecule has 0 aliphatic heterocycles.